The molecule has 108 valence electrons. The van der Waals surface area contributed by atoms with Gasteiger partial charge in [0.2, 0.25) is 0 Å². The maximum absolute atomic E-state index is 5.66. The average molecular weight is 283 g/mol. The summed E-state index contributed by atoms with van der Waals surface area (Å²) in [6.07, 6.45) is 1.50. The maximum atomic E-state index is 5.66. The van der Waals surface area contributed by atoms with E-state index < -0.39 is 0 Å². The van der Waals surface area contributed by atoms with Gasteiger partial charge in [0.05, 0.1) is 18.4 Å². The number of aromatic nitrogens is 1. The van der Waals surface area contributed by atoms with Crippen LogP contribution in [0.1, 0.15) is 37.9 Å². The second-order valence-corrected chi connectivity index (χ2v) is 6.27. The number of hydrogen-bond acceptors (Lipinski definition) is 5. The highest BCUT2D eigenvalue weighted by atomic mass is 32.1. The molecule has 0 amide bonds. The number of nitrogens with one attached hydrogen (secondary N) is 1. The van der Waals surface area contributed by atoms with Crippen molar-refractivity contribution >= 4 is 11.3 Å². The molecule has 1 aromatic heterocycles. The lowest BCUT2D eigenvalue weighted by molar-refractivity contribution is -0.0530. The molecular formula is C14H25N3OS. The molecule has 19 heavy (non-hydrogen) atoms. The van der Waals surface area contributed by atoms with E-state index in [1.54, 1.807) is 11.3 Å². The van der Waals surface area contributed by atoms with E-state index in [4.69, 9.17) is 9.72 Å². The first-order chi connectivity index (χ1) is 9.19. The second kappa shape index (κ2) is 7.33. The molecule has 1 saturated heterocycles. The van der Waals surface area contributed by atoms with Gasteiger partial charge < -0.3 is 10.1 Å². The molecule has 1 N–H and O–H groups in total. The van der Waals surface area contributed by atoms with Crippen LogP contribution in [0.5, 0.6) is 0 Å². The SMILES string of the molecule is CCCNCc1nc(CN2CC(C)OCC2C)cs1. The predicted molar refractivity (Wildman–Crippen MR) is 79.4 cm³/mol. The number of nitrogens with zero attached hydrogens (tertiary/aromatic N) is 2. The van der Waals surface area contributed by atoms with Gasteiger partial charge in [0.15, 0.2) is 0 Å². The van der Waals surface area contributed by atoms with Crippen LogP contribution in [0.25, 0.3) is 0 Å². The van der Waals surface area contributed by atoms with E-state index in [0.717, 1.165) is 32.8 Å². The van der Waals surface area contributed by atoms with Gasteiger partial charge in [0, 0.05) is 31.1 Å². The van der Waals surface area contributed by atoms with Crippen molar-refractivity contribution in [2.24, 2.45) is 0 Å². The molecule has 1 aromatic rings. The molecule has 2 atom stereocenters. The van der Waals surface area contributed by atoms with Crippen molar-refractivity contribution < 1.29 is 4.74 Å². The molecule has 1 aliphatic rings. The van der Waals surface area contributed by atoms with Gasteiger partial charge in [-0.25, -0.2) is 4.98 Å². The van der Waals surface area contributed by atoms with Gasteiger partial charge in [-0.15, -0.1) is 11.3 Å². The fourth-order valence-electron chi connectivity index (χ4n) is 2.28. The van der Waals surface area contributed by atoms with Gasteiger partial charge >= 0.3 is 0 Å². The number of hydrogen-bond donors (Lipinski definition) is 1. The monoisotopic (exact) mass is 283 g/mol. The zero-order valence-corrected chi connectivity index (χ0v) is 13.0. The zero-order valence-electron chi connectivity index (χ0n) is 12.2. The molecule has 2 unspecified atom stereocenters. The van der Waals surface area contributed by atoms with Crippen LogP contribution in [0.3, 0.4) is 0 Å². The van der Waals surface area contributed by atoms with Gasteiger partial charge in [-0.3, -0.25) is 4.90 Å². The molecule has 1 aliphatic heterocycles. The minimum atomic E-state index is 0.334. The molecule has 4 nitrogen and oxygen atoms in total. The fraction of sp³-hybridized carbons (Fsp3) is 0.786. The highest BCUT2D eigenvalue weighted by molar-refractivity contribution is 7.09. The van der Waals surface area contributed by atoms with Crippen LogP contribution in [-0.4, -0.2) is 41.7 Å². The summed E-state index contributed by atoms with van der Waals surface area (Å²) in [5, 5.41) is 6.78. The van der Waals surface area contributed by atoms with E-state index in [2.05, 4.69) is 36.4 Å². The molecule has 0 bridgehead atoms. The van der Waals surface area contributed by atoms with Crippen molar-refractivity contribution in [3.63, 3.8) is 0 Å². The molecule has 2 heterocycles. The first-order valence-corrected chi connectivity index (χ1v) is 8.06. The van der Waals surface area contributed by atoms with Crippen LogP contribution < -0.4 is 5.32 Å². The van der Waals surface area contributed by atoms with Crippen molar-refractivity contribution in [3.05, 3.63) is 16.1 Å². The van der Waals surface area contributed by atoms with Crippen molar-refractivity contribution in [2.45, 2.75) is 52.4 Å². The van der Waals surface area contributed by atoms with Gasteiger partial charge in [0.25, 0.3) is 0 Å². The summed E-state index contributed by atoms with van der Waals surface area (Å²) in [6, 6.07) is 0.486. The van der Waals surface area contributed by atoms with Crippen LogP contribution in [0, 0.1) is 0 Å². The standard InChI is InChI=1S/C14H25N3OS/c1-4-5-15-6-14-16-13(10-19-14)8-17-7-12(3)18-9-11(17)2/h10-12,15H,4-9H2,1-3H3. The van der Waals surface area contributed by atoms with Crippen LogP contribution in [0.4, 0.5) is 0 Å². The topological polar surface area (TPSA) is 37.4 Å². The largest absolute Gasteiger partial charge is 0.376 e. The van der Waals surface area contributed by atoms with E-state index in [-0.39, 0.29) is 0 Å². The molecule has 5 heteroatoms. The lowest BCUT2D eigenvalue weighted by Crippen LogP contribution is -2.46. The van der Waals surface area contributed by atoms with E-state index in [1.165, 1.54) is 17.1 Å². The highest BCUT2D eigenvalue weighted by Crippen LogP contribution is 2.17. The Balaban J connectivity index is 1.84. The Morgan fingerprint density at radius 2 is 2.37 bits per heavy atom. The first kappa shape index (κ1) is 14.9. The van der Waals surface area contributed by atoms with Crippen LogP contribution in [-0.2, 0) is 17.8 Å². The third-order valence-corrected chi connectivity index (χ3v) is 4.30. The average Bonchev–Trinajstić information content (AvgIpc) is 2.82. The number of morpholine rings is 1. The minimum Gasteiger partial charge on any atom is -0.376 e. The number of ether oxygens (including phenoxy) is 1. The van der Waals surface area contributed by atoms with E-state index in [1.807, 2.05) is 0 Å². The van der Waals surface area contributed by atoms with Crippen LogP contribution in [0.15, 0.2) is 5.38 Å². The lowest BCUT2D eigenvalue weighted by atomic mass is 10.2. The van der Waals surface area contributed by atoms with Gasteiger partial charge in [-0.2, -0.15) is 0 Å². The predicted octanol–water partition coefficient (Wildman–Crippen LogP) is 2.25. The van der Waals surface area contributed by atoms with Crippen molar-refractivity contribution in [2.75, 3.05) is 19.7 Å². The molecule has 0 radical (unpaired) electrons. The van der Waals surface area contributed by atoms with Gasteiger partial charge in [-0.05, 0) is 26.8 Å². The maximum Gasteiger partial charge on any atom is 0.107 e. The van der Waals surface area contributed by atoms with E-state index in [0.29, 0.717) is 12.1 Å². The molecule has 1 fully saturated rings. The normalized spacial score (nSPS) is 24.8. The number of rotatable bonds is 6. The van der Waals surface area contributed by atoms with E-state index >= 15 is 0 Å². The van der Waals surface area contributed by atoms with E-state index in [9.17, 15) is 0 Å². The van der Waals surface area contributed by atoms with Crippen LogP contribution >= 0.6 is 11.3 Å². The van der Waals surface area contributed by atoms with Crippen LogP contribution in [0.2, 0.25) is 0 Å². The zero-order chi connectivity index (χ0) is 13.7. The Morgan fingerprint density at radius 1 is 1.53 bits per heavy atom. The molecular weight excluding hydrogens is 258 g/mol. The summed E-state index contributed by atoms with van der Waals surface area (Å²) < 4.78 is 5.66. The third-order valence-electron chi connectivity index (χ3n) is 3.40. The van der Waals surface area contributed by atoms with Crippen molar-refractivity contribution in [1.82, 2.24) is 15.2 Å². The van der Waals surface area contributed by atoms with Crippen molar-refractivity contribution in [3.8, 4) is 0 Å². The Kier molecular flexibility index (Phi) is 5.76. The Morgan fingerprint density at radius 3 is 3.16 bits per heavy atom. The summed E-state index contributed by atoms with van der Waals surface area (Å²) in [5.41, 5.74) is 1.19. The minimum absolute atomic E-state index is 0.334. The summed E-state index contributed by atoms with van der Waals surface area (Å²) in [4.78, 5) is 7.17. The Labute approximate surface area is 120 Å². The molecule has 0 saturated carbocycles. The molecule has 0 aromatic carbocycles. The molecule has 0 spiro atoms. The summed E-state index contributed by atoms with van der Waals surface area (Å²) in [7, 11) is 0. The molecule has 2 rings (SSSR count). The van der Waals surface area contributed by atoms with Gasteiger partial charge in [-0.1, -0.05) is 6.92 Å². The fourth-order valence-corrected chi connectivity index (χ4v) is 3.03. The summed E-state index contributed by atoms with van der Waals surface area (Å²) in [6.45, 7) is 11.3. The lowest BCUT2D eigenvalue weighted by Gasteiger charge is -2.36. The summed E-state index contributed by atoms with van der Waals surface area (Å²) >= 11 is 1.76. The third kappa shape index (κ3) is 4.53. The smallest absolute Gasteiger partial charge is 0.107 e. The first-order valence-electron chi connectivity index (χ1n) is 7.18. The van der Waals surface area contributed by atoms with Gasteiger partial charge in [0.1, 0.15) is 5.01 Å². The quantitative estimate of drug-likeness (QED) is 0.813. The number of thiazole rings is 1. The summed E-state index contributed by atoms with van der Waals surface area (Å²) in [5.74, 6) is 0. The highest BCUT2D eigenvalue weighted by Gasteiger charge is 2.23. The second-order valence-electron chi connectivity index (χ2n) is 5.33. The Hall–Kier alpha value is -0.490. The Bertz CT molecular complexity index is 383. The molecule has 0 aliphatic carbocycles. The van der Waals surface area contributed by atoms with Crippen molar-refractivity contribution in [1.29, 1.82) is 0 Å².